The van der Waals surface area contributed by atoms with Crippen LogP contribution in [0.25, 0.3) is 0 Å². The summed E-state index contributed by atoms with van der Waals surface area (Å²) in [6, 6.07) is -0.905. The van der Waals surface area contributed by atoms with Gasteiger partial charge in [-0.15, -0.1) is 0 Å². The van der Waals surface area contributed by atoms with Crippen LogP contribution in [0.15, 0.2) is 0 Å². The molecule has 0 radical (unpaired) electrons. The summed E-state index contributed by atoms with van der Waals surface area (Å²) >= 11 is 0. The number of rotatable bonds is 7. The van der Waals surface area contributed by atoms with E-state index in [1.165, 1.54) is 0 Å². The van der Waals surface area contributed by atoms with Crippen LogP contribution in [0.4, 0.5) is 0 Å². The van der Waals surface area contributed by atoms with Crippen LogP contribution in [0.1, 0.15) is 12.8 Å². The number of likely N-dealkylation sites (N-methyl/N-ethyl adjacent to an activating group) is 1. The third kappa shape index (κ3) is 6.51. The lowest BCUT2D eigenvalue weighted by atomic mass is 10.2. The van der Waals surface area contributed by atoms with Gasteiger partial charge < -0.3 is 26.0 Å². The van der Waals surface area contributed by atoms with Crippen LogP contribution < -0.4 is 11.1 Å². The molecule has 0 aromatic heterocycles. The zero-order valence-electron chi connectivity index (χ0n) is 11.5. The van der Waals surface area contributed by atoms with Gasteiger partial charge in [0.2, 0.25) is 5.91 Å². The number of nitrogens with zero attached hydrogens (tertiary/aromatic N) is 2. The fourth-order valence-electron chi connectivity index (χ4n) is 1.91. The van der Waals surface area contributed by atoms with Crippen molar-refractivity contribution < 1.29 is 14.7 Å². The van der Waals surface area contributed by atoms with Gasteiger partial charge in [-0.2, -0.15) is 0 Å². The molecule has 0 aliphatic carbocycles. The molecule has 1 fully saturated rings. The third-order valence-electron chi connectivity index (χ3n) is 3.35. The number of piperazine rings is 1. The summed E-state index contributed by atoms with van der Waals surface area (Å²) in [7, 11) is 2.09. The van der Waals surface area contributed by atoms with Gasteiger partial charge in [0.15, 0.2) is 0 Å². The molecule has 4 N–H and O–H groups in total. The van der Waals surface area contributed by atoms with Crippen molar-refractivity contribution >= 4 is 11.9 Å². The standard InChI is InChI=1S/C12H24N4O3/c1-15-6-8-16(9-7-15)5-3-11(17)14-4-2-10(13)12(18)19/h10H,2-9,13H2,1H3,(H,14,17)(H,18,19)/t10-/m0/s1. The monoisotopic (exact) mass is 272 g/mol. The Balaban J connectivity index is 2.06. The topological polar surface area (TPSA) is 98.9 Å². The SMILES string of the molecule is CN1CCN(CCC(=O)NCC[C@H](N)C(=O)O)CC1. The number of carboxylic acids is 1. The van der Waals surface area contributed by atoms with Gasteiger partial charge in [-0.3, -0.25) is 9.59 Å². The van der Waals surface area contributed by atoms with Crippen molar-refractivity contribution in [2.24, 2.45) is 5.73 Å². The second-order valence-electron chi connectivity index (χ2n) is 4.98. The lowest BCUT2D eigenvalue weighted by molar-refractivity contribution is -0.138. The van der Waals surface area contributed by atoms with Gasteiger partial charge in [-0.1, -0.05) is 0 Å². The van der Waals surface area contributed by atoms with Crippen LogP contribution in [-0.4, -0.2) is 79.1 Å². The van der Waals surface area contributed by atoms with Gasteiger partial charge >= 0.3 is 5.97 Å². The Morgan fingerprint density at radius 3 is 2.53 bits per heavy atom. The number of nitrogens with two attached hydrogens (primary N) is 1. The van der Waals surface area contributed by atoms with Gasteiger partial charge in [0.05, 0.1) is 0 Å². The van der Waals surface area contributed by atoms with E-state index in [0.29, 0.717) is 13.0 Å². The predicted molar refractivity (Wildman–Crippen MR) is 71.8 cm³/mol. The van der Waals surface area contributed by atoms with Crippen LogP contribution in [-0.2, 0) is 9.59 Å². The molecular formula is C12H24N4O3. The Hall–Kier alpha value is -1.18. The number of aliphatic carboxylic acids is 1. The largest absolute Gasteiger partial charge is 0.480 e. The van der Waals surface area contributed by atoms with E-state index in [1.54, 1.807) is 0 Å². The van der Waals surface area contributed by atoms with Crippen molar-refractivity contribution in [3.8, 4) is 0 Å². The number of carboxylic acid groups (broad SMARTS) is 1. The summed E-state index contributed by atoms with van der Waals surface area (Å²) in [5, 5.41) is 11.3. The molecule has 0 aromatic rings. The maximum atomic E-state index is 11.6. The molecule has 1 rings (SSSR count). The van der Waals surface area contributed by atoms with Gasteiger partial charge in [0.25, 0.3) is 0 Å². The van der Waals surface area contributed by atoms with Crippen molar-refractivity contribution in [3.05, 3.63) is 0 Å². The summed E-state index contributed by atoms with van der Waals surface area (Å²) in [5.41, 5.74) is 5.34. The van der Waals surface area contributed by atoms with Gasteiger partial charge in [0.1, 0.15) is 6.04 Å². The van der Waals surface area contributed by atoms with Gasteiger partial charge in [-0.05, 0) is 13.5 Å². The Bertz CT molecular complexity index is 303. The second kappa shape index (κ2) is 8.08. The number of amides is 1. The first-order valence-electron chi connectivity index (χ1n) is 6.65. The number of carbonyl (C=O) groups excluding carboxylic acids is 1. The molecule has 0 saturated carbocycles. The Morgan fingerprint density at radius 2 is 1.95 bits per heavy atom. The van der Waals surface area contributed by atoms with E-state index in [4.69, 9.17) is 10.8 Å². The second-order valence-corrected chi connectivity index (χ2v) is 4.98. The molecule has 1 amide bonds. The highest BCUT2D eigenvalue weighted by Gasteiger charge is 2.15. The molecular weight excluding hydrogens is 248 g/mol. The van der Waals surface area contributed by atoms with Crippen LogP contribution >= 0.6 is 0 Å². The lowest BCUT2D eigenvalue weighted by Gasteiger charge is -2.32. The van der Waals surface area contributed by atoms with Crippen molar-refractivity contribution in [3.63, 3.8) is 0 Å². The summed E-state index contributed by atoms with van der Waals surface area (Å²) in [6.45, 7) is 5.13. The van der Waals surface area contributed by atoms with Crippen molar-refractivity contribution in [2.45, 2.75) is 18.9 Å². The molecule has 0 unspecified atom stereocenters. The molecule has 1 saturated heterocycles. The normalized spacial score (nSPS) is 19.1. The molecule has 0 spiro atoms. The third-order valence-corrected chi connectivity index (χ3v) is 3.35. The molecule has 7 nitrogen and oxygen atoms in total. The van der Waals surface area contributed by atoms with E-state index in [1.807, 2.05) is 0 Å². The van der Waals surface area contributed by atoms with E-state index in [0.717, 1.165) is 32.7 Å². The fraction of sp³-hybridized carbons (Fsp3) is 0.833. The summed E-state index contributed by atoms with van der Waals surface area (Å²) in [6.07, 6.45) is 0.710. The molecule has 19 heavy (non-hydrogen) atoms. The van der Waals surface area contributed by atoms with Gasteiger partial charge in [0, 0.05) is 45.7 Å². The Kier molecular flexibility index (Phi) is 6.75. The molecule has 110 valence electrons. The van der Waals surface area contributed by atoms with Crippen LogP contribution in [0.3, 0.4) is 0 Å². The van der Waals surface area contributed by atoms with E-state index < -0.39 is 12.0 Å². The summed E-state index contributed by atoms with van der Waals surface area (Å²) in [5.74, 6) is -1.08. The van der Waals surface area contributed by atoms with Crippen molar-refractivity contribution in [2.75, 3.05) is 46.3 Å². The number of hydrogen-bond acceptors (Lipinski definition) is 5. The molecule has 1 atom stereocenters. The van der Waals surface area contributed by atoms with Crippen molar-refractivity contribution in [1.82, 2.24) is 15.1 Å². The highest BCUT2D eigenvalue weighted by molar-refractivity contribution is 5.76. The van der Waals surface area contributed by atoms with E-state index in [9.17, 15) is 9.59 Å². The Morgan fingerprint density at radius 1 is 1.32 bits per heavy atom. The number of nitrogens with one attached hydrogen (secondary N) is 1. The minimum atomic E-state index is -1.04. The van der Waals surface area contributed by atoms with E-state index >= 15 is 0 Å². The summed E-state index contributed by atoms with van der Waals surface area (Å²) < 4.78 is 0. The molecule has 0 bridgehead atoms. The maximum absolute atomic E-state index is 11.6. The quantitative estimate of drug-likeness (QED) is 0.524. The smallest absolute Gasteiger partial charge is 0.320 e. The summed E-state index contributed by atoms with van der Waals surface area (Å²) in [4.78, 5) is 26.6. The van der Waals surface area contributed by atoms with Crippen LogP contribution in [0, 0.1) is 0 Å². The molecule has 7 heteroatoms. The number of hydrogen-bond donors (Lipinski definition) is 3. The highest BCUT2D eigenvalue weighted by Crippen LogP contribution is 1.99. The van der Waals surface area contributed by atoms with Crippen LogP contribution in [0.2, 0.25) is 0 Å². The average Bonchev–Trinajstić information content (AvgIpc) is 2.37. The molecule has 0 aromatic carbocycles. The Labute approximate surface area is 113 Å². The molecule has 1 aliphatic rings. The highest BCUT2D eigenvalue weighted by atomic mass is 16.4. The molecule has 1 aliphatic heterocycles. The maximum Gasteiger partial charge on any atom is 0.320 e. The van der Waals surface area contributed by atoms with E-state index in [-0.39, 0.29) is 12.3 Å². The minimum absolute atomic E-state index is 0.0449. The first kappa shape index (κ1) is 15.9. The van der Waals surface area contributed by atoms with Gasteiger partial charge in [-0.25, -0.2) is 0 Å². The molecule has 1 heterocycles. The van der Waals surface area contributed by atoms with Crippen LogP contribution in [0.5, 0.6) is 0 Å². The number of carbonyl (C=O) groups is 2. The minimum Gasteiger partial charge on any atom is -0.480 e. The zero-order valence-corrected chi connectivity index (χ0v) is 11.5. The van der Waals surface area contributed by atoms with Crippen molar-refractivity contribution in [1.29, 1.82) is 0 Å². The first-order chi connectivity index (χ1) is 8.99. The predicted octanol–water partition coefficient (Wildman–Crippen LogP) is -1.46. The average molecular weight is 272 g/mol. The first-order valence-corrected chi connectivity index (χ1v) is 6.65. The lowest BCUT2D eigenvalue weighted by Crippen LogP contribution is -2.45. The van der Waals surface area contributed by atoms with E-state index in [2.05, 4.69) is 22.2 Å². The fourth-order valence-corrected chi connectivity index (χ4v) is 1.91. The zero-order chi connectivity index (χ0) is 14.3.